The molecular formula is C9H14N2S. The highest BCUT2D eigenvalue weighted by Gasteiger charge is 1.97. The summed E-state index contributed by atoms with van der Waals surface area (Å²) in [7, 11) is 0. The van der Waals surface area contributed by atoms with Crippen LogP contribution in [0.3, 0.4) is 0 Å². The van der Waals surface area contributed by atoms with Gasteiger partial charge in [0.25, 0.3) is 0 Å². The van der Waals surface area contributed by atoms with E-state index in [2.05, 4.69) is 29.2 Å². The summed E-state index contributed by atoms with van der Waals surface area (Å²) in [6.45, 7) is 7.45. The Morgan fingerprint density at radius 1 is 1.75 bits per heavy atom. The monoisotopic (exact) mass is 182 g/mol. The van der Waals surface area contributed by atoms with Gasteiger partial charge in [-0.15, -0.1) is 17.9 Å². The van der Waals surface area contributed by atoms with Gasteiger partial charge in [0.15, 0.2) is 0 Å². The Hall–Kier alpha value is -0.670. The van der Waals surface area contributed by atoms with E-state index in [0.29, 0.717) is 0 Å². The number of hydrogen-bond acceptors (Lipinski definition) is 3. The van der Waals surface area contributed by atoms with Gasteiger partial charge in [-0.2, -0.15) is 0 Å². The van der Waals surface area contributed by atoms with Crippen molar-refractivity contribution in [3.8, 4) is 0 Å². The van der Waals surface area contributed by atoms with E-state index in [1.807, 2.05) is 6.08 Å². The summed E-state index contributed by atoms with van der Waals surface area (Å²) in [6.07, 6.45) is 2.89. The number of hydrogen-bond donors (Lipinski definition) is 1. The quantitative estimate of drug-likeness (QED) is 0.556. The van der Waals surface area contributed by atoms with Crippen molar-refractivity contribution in [2.24, 2.45) is 0 Å². The minimum Gasteiger partial charge on any atom is -0.308 e. The number of rotatable bonds is 5. The molecule has 0 atom stereocenters. The first-order valence-electron chi connectivity index (χ1n) is 4.11. The molecule has 1 aromatic rings. The molecule has 3 heteroatoms. The predicted octanol–water partition coefficient (Wildman–Crippen LogP) is 1.98. The van der Waals surface area contributed by atoms with E-state index < -0.39 is 0 Å². The molecule has 0 saturated heterocycles. The minimum absolute atomic E-state index is 0.846. The van der Waals surface area contributed by atoms with Gasteiger partial charge in [-0.25, -0.2) is 4.98 Å². The summed E-state index contributed by atoms with van der Waals surface area (Å²) in [5.41, 5.74) is 1.14. The summed E-state index contributed by atoms with van der Waals surface area (Å²) in [5.74, 6) is 0. The first-order valence-corrected chi connectivity index (χ1v) is 4.99. The van der Waals surface area contributed by atoms with E-state index >= 15 is 0 Å². The van der Waals surface area contributed by atoms with Gasteiger partial charge in [-0.1, -0.05) is 13.0 Å². The van der Waals surface area contributed by atoms with Crippen molar-refractivity contribution in [3.63, 3.8) is 0 Å². The maximum atomic E-state index is 4.42. The Balaban J connectivity index is 2.36. The lowest BCUT2D eigenvalue weighted by molar-refractivity contribution is 0.742. The second kappa shape index (κ2) is 5.06. The lowest BCUT2D eigenvalue weighted by Crippen LogP contribution is -2.12. The minimum atomic E-state index is 0.846. The zero-order valence-corrected chi connectivity index (χ0v) is 8.16. The fourth-order valence-corrected chi connectivity index (χ4v) is 1.64. The smallest absolute Gasteiger partial charge is 0.0926 e. The van der Waals surface area contributed by atoms with Gasteiger partial charge in [0.05, 0.1) is 10.7 Å². The third-order valence-electron chi connectivity index (χ3n) is 1.50. The van der Waals surface area contributed by atoms with Gasteiger partial charge in [-0.3, -0.25) is 0 Å². The van der Waals surface area contributed by atoms with E-state index in [1.165, 1.54) is 5.01 Å². The molecule has 1 rings (SSSR count). The number of nitrogens with one attached hydrogen (secondary N) is 1. The zero-order chi connectivity index (χ0) is 8.81. The molecule has 0 bridgehead atoms. The van der Waals surface area contributed by atoms with E-state index in [1.54, 1.807) is 11.3 Å². The van der Waals surface area contributed by atoms with Crippen LogP contribution in [0.4, 0.5) is 0 Å². The van der Waals surface area contributed by atoms with E-state index in [9.17, 15) is 0 Å². The first-order chi connectivity index (χ1) is 5.86. The molecule has 1 N–H and O–H groups in total. The molecule has 0 spiro atoms. The Bertz CT molecular complexity index is 242. The number of aromatic nitrogens is 1. The van der Waals surface area contributed by atoms with E-state index in [0.717, 1.165) is 25.2 Å². The van der Waals surface area contributed by atoms with Crippen molar-refractivity contribution in [2.75, 3.05) is 6.54 Å². The standard InChI is InChI=1S/C9H14N2S/c1-3-5-10-6-8-7-12-9(4-2)11-8/h3,7,10H,1,4-6H2,2H3. The topological polar surface area (TPSA) is 24.9 Å². The fourth-order valence-electron chi connectivity index (χ4n) is 0.895. The van der Waals surface area contributed by atoms with Crippen LogP contribution in [0, 0.1) is 0 Å². The van der Waals surface area contributed by atoms with Gasteiger partial charge in [-0.05, 0) is 6.42 Å². The van der Waals surface area contributed by atoms with Crippen LogP contribution < -0.4 is 5.32 Å². The number of nitrogens with zero attached hydrogens (tertiary/aromatic N) is 1. The molecule has 0 radical (unpaired) electrons. The molecule has 0 aliphatic carbocycles. The fraction of sp³-hybridized carbons (Fsp3) is 0.444. The van der Waals surface area contributed by atoms with Crippen molar-refractivity contribution in [2.45, 2.75) is 19.9 Å². The molecule has 66 valence electrons. The lowest BCUT2D eigenvalue weighted by Gasteiger charge is -1.95. The third kappa shape index (κ3) is 2.75. The van der Waals surface area contributed by atoms with Gasteiger partial charge < -0.3 is 5.32 Å². The summed E-state index contributed by atoms with van der Waals surface area (Å²) in [6, 6.07) is 0. The molecule has 1 aromatic heterocycles. The Kier molecular flexibility index (Phi) is 3.97. The maximum Gasteiger partial charge on any atom is 0.0926 e. The highest BCUT2D eigenvalue weighted by atomic mass is 32.1. The highest BCUT2D eigenvalue weighted by Crippen LogP contribution is 2.09. The van der Waals surface area contributed by atoms with Gasteiger partial charge >= 0.3 is 0 Å². The highest BCUT2D eigenvalue weighted by molar-refractivity contribution is 7.09. The zero-order valence-electron chi connectivity index (χ0n) is 7.34. The molecule has 0 aliphatic heterocycles. The Morgan fingerprint density at radius 3 is 3.17 bits per heavy atom. The van der Waals surface area contributed by atoms with Crippen LogP contribution in [0.25, 0.3) is 0 Å². The van der Waals surface area contributed by atoms with Crippen LogP contribution in [0.5, 0.6) is 0 Å². The molecule has 12 heavy (non-hydrogen) atoms. The number of aryl methyl sites for hydroxylation is 1. The molecule has 1 heterocycles. The van der Waals surface area contributed by atoms with Gasteiger partial charge in [0.1, 0.15) is 0 Å². The van der Waals surface area contributed by atoms with E-state index in [-0.39, 0.29) is 0 Å². The molecule has 0 amide bonds. The second-order valence-electron chi connectivity index (χ2n) is 2.51. The average molecular weight is 182 g/mol. The first kappa shape index (κ1) is 9.42. The molecule has 0 fully saturated rings. The molecule has 0 unspecified atom stereocenters. The summed E-state index contributed by atoms with van der Waals surface area (Å²) >= 11 is 1.73. The molecule has 0 aromatic carbocycles. The second-order valence-corrected chi connectivity index (χ2v) is 3.45. The van der Waals surface area contributed by atoms with Crippen molar-refractivity contribution in [1.82, 2.24) is 10.3 Å². The Labute approximate surface area is 77.3 Å². The van der Waals surface area contributed by atoms with Crippen molar-refractivity contribution < 1.29 is 0 Å². The van der Waals surface area contributed by atoms with Crippen LogP contribution in [0.1, 0.15) is 17.6 Å². The normalized spacial score (nSPS) is 10.1. The van der Waals surface area contributed by atoms with Crippen molar-refractivity contribution >= 4 is 11.3 Å². The maximum absolute atomic E-state index is 4.42. The Morgan fingerprint density at radius 2 is 2.58 bits per heavy atom. The molecular weight excluding hydrogens is 168 g/mol. The molecule has 0 saturated carbocycles. The predicted molar refractivity (Wildman–Crippen MR) is 53.4 cm³/mol. The third-order valence-corrected chi connectivity index (χ3v) is 2.54. The molecule has 0 aliphatic rings. The van der Waals surface area contributed by atoms with Crippen LogP contribution in [0.15, 0.2) is 18.0 Å². The lowest BCUT2D eigenvalue weighted by atomic mass is 10.4. The van der Waals surface area contributed by atoms with Crippen LogP contribution in [-0.4, -0.2) is 11.5 Å². The largest absolute Gasteiger partial charge is 0.308 e. The SMILES string of the molecule is C=CCNCc1csc(CC)n1. The molecule has 2 nitrogen and oxygen atoms in total. The van der Waals surface area contributed by atoms with Crippen LogP contribution in [0.2, 0.25) is 0 Å². The average Bonchev–Trinajstić information content (AvgIpc) is 2.53. The summed E-state index contributed by atoms with van der Waals surface area (Å²) < 4.78 is 0. The summed E-state index contributed by atoms with van der Waals surface area (Å²) in [5, 5.41) is 6.53. The van der Waals surface area contributed by atoms with E-state index in [4.69, 9.17) is 0 Å². The van der Waals surface area contributed by atoms with Crippen molar-refractivity contribution in [1.29, 1.82) is 0 Å². The summed E-state index contributed by atoms with van der Waals surface area (Å²) in [4.78, 5) is 4.42. The van der Waals surface area contributed by atoms with Crippen molar-refractivity contribution in [3.05, 3.63) is 28.7 Å². The number of thiazole rings is 1. The van der Waals surface area contributed by atoms with Crippen LogP contribution >= 0.6 is 11.3 Å². The van der Waals surface area contributed by atoms with Crippen LogP contribution in [-0.2, 0) is 13.0 Å². The van der Waals surface area contributed by atoms with Gasteiger partial charge in [0, 0.05) is 18.5 Å². The van der Waals surface area contributed by atoms with Gasteiger partial charge in [0.2, 0.25) is 0 Å².